The van der Waals surface area contributed by atoms with Gasteiger partial charge in [0.05, 0.1) is 0 Å². The zero-order valence-corrected chi connectivity index (χ0v) is 12.9. The lowest BCUT2D eigenvalue weighted by molar-refractivity contribution is -0.209. The molecule has 0 spiro atoms. The maximum Gasteiger partial charge on any atom is 0.303 e. The summed E-state index contributed by atoms with van der Waals surface area (Å²) in [6, 6.07) is -1.27. The van der Waals surface area contributed by atoms with E-state index < -0.39 is 47.8 Å². The predicted molar refractivity (Wildman–Crippen MR) is 71.8 cm³/mol. The number of alkyl halides is 1. The molecule has 1 fully saturated rings. The Morgan fingerprint density at radius 3 is 2.05 bits per heavy atom. The summed E-state index contributed by atoms with van der Waals surface area (Å²) in [5.74, 6) is -2.00. The maximum atomic E-state index is 11.2. The van der Waals surface area contributed by atoms with Crippen LogP contribution >= 0.6 is 11.6 Å². The average Bonchev–Trinajstić information content (AvgIpc) is 2.39. The highest BCUT2D eigenvalue weighted by Gasteiger charge is 2.50. The van der Waals surface area contributed by atoms with Gasteiger partial charge < -0.3 is 18.9 Å². The smallest absolute Gasteiger partial charge is 0.303 e. The predicted octanol–water partition coefficient (Wildman–Crippen LogP) is 0.512. The minimum Gasteiger partial charge on any atom is -0.463 e. The molecular weight excluding hydrogens is 322 g/mol. The molecule has 0 N–H and O–H groups in total. The first-order valence-electron chi connectivity index (χ1n) is 6.36. The van der Waals surface area contributed by atoms with Crippen LogP contribution in [-0.2, 0) is 33.3 Å². The number of esters is 3. The van der Waals surface area contributed by atoms with Crippen LogP contribution in [0.2, 0.25) is 0 Å². The maximum absolute atomic E-state index is 11.2. The van der Waals surface area contributed by atoms with Crippen LogP contribution in [0.15, 0.2) is 5.18 Å². The Morgan fingerprint density at radius 2 is 1.59 bits per heavy atom. The largest absolute Gasteiger partial charge is 0.463 e. The molecule has 9 nitrogen and oxygen atoms in total. The van der Waals surface area contributed by atoms with Crippen LogP contribution in [0.5, 0.6) is 0 Å². The van der Waals surface area contributed by atoms with Gasteiger partial charge in [0, 0.05) is 20.8 Å². The van der Waals surface area contributed by atoms with Gasteiger partial charge in [-0.05, 0) is 0 Å². The normalized spacial score (nSPS) is 31.0. The van der Waals surface area contributed by atoms with Crippen molar-refractivity contribution in [2.45, 2.75) is 50.7 Å². The van der Waals surface area contributed by atoms with Crippen molar-refractivity contribution in [1.29, 1.82) is 0 Å². The van der Waals surface area contributed by atoms with Crippen molar-refractivity contribution in [2.75, 3.05) is 6.61 Å². The van der Waals surface area contributed by atoms with Crippen LogP contribution in [0.3, 0.4) is 0 Å². The molecule has 0 aromatic rings. The lowest BCUT2D eigenvalue weighted by Gasteiger charge is -2.40. The standard InChI is InChI=1S/C12H16ClNO8/c1-5(15)19-4-8-10(20-6(2)16)11(21-7(3)17)9(14-18)12(13)22-8/h8-12H,4H2,1-3H3/t8-,9+,10-,11+,12-/m0/s1. The van der Waals surface area contributed by atoms with Crippen molar-refractivity contribution in [1.82, 2.24) is 0 Å². The number of nitrogens with zero attached hydrogens (tertiary/aromatic N) is 1. The second-order valence-corrected chi connectivity index (χ2v) is 5.00. The van der Waals surface area contributed by atoms with E-state index in [1.807, 2.05) is 0 Å². The minimum absolute atomic E-state index is 0.292. The summed E-state index contributed by atoms with van der Waals surface area (Å²) >= 11 is 5.88. The van der Waals surface area contributed by atoms with Crippen LogP contribution in [0.25, 0.3) is 0 Å². The zero-order valence-electron chi connectivity index (χ0n) is 12.2. The Kier molecular flexibility index (Phi) is 6.69. The Morgan fingerprint density at radius 1 is 1.05 bits per heavy atom. The molecule has 1 aliphatic rings. The molecule has 0 aliphatic carbocycles. The van der Waals surface area contributed by atoms with Gasteiger partial charge in [0.25, 0.3) is 0 Å². The molecule has 1 saturated heterocycles. The highest BCUT2D eigenvalue weighted by atomic mass is 35.5. The molecule has 1 aliphatic heterocycles. The highest BCUT2D eigenvalue weighted by molar-refractivity contribution is 6.20. The minimum atomic E-state index is -1.27. The first-order chi connectivity index (χ1) is 10.3. The summed E-state index contributed by atoms with van der Waals surface area (Å²) in [6.07, 6.45) is -3.42. The van der Waals surface area contributed by atoms with Crippen molar-refractivity contribution < 1.29 is 33.3 Å². The zero-order chi connectivity index (χ0) is 16.9. The van der Waals surface area contributed by atoms with Crippen LogP contribution in [-0.4, -0.2) is 54.4 Å². The molecule has 22 heavy (non-hydrogen) atoms. The number of rotatable bonds is 5. The molecular formula is C12H16ClNO8. The van der Waals surface area contributed by atoms with Gasteiger partial charge in [0.2, 0.25) is 0 Å². The van der Waals surface area contributed by atoms with E-state index in [0.717, 1.165) is 13.8 Å². The number of carbonyl (C=O) groups is 3. The van der Waals surface area contributed by atoms with E-state index in [1.165, 1.54) is 6.92 Å². The van der Waals surface area contributed by atoms with Crippen molar-refractivity contribution in [2.24, 2.45) is 5.18 Å². The number of hydrogen-bond donors (Lipinski definition) is 0. The summed E-state index contributed by atoms with van der Waals surface area (Å²) in [7, 11) is 0. The van der Waals surface area contributed by atoms with Crippen molar-refractivity contribution in [3.63, 3.8) is 0 Å². The lowest BCUT2D eigenvalue weighted by atomic mass is 9.98. The average molecular weight is 338 g/mol. The quantitative estimate of drug-likeness (QED) is 0.308. The third-order valence-electron chi connectivity index (χ3n) is 2.78. The summed E-state index contributed by atoms with van der Waals surface area (Å²) in [4.78, 5) is 44.3. The van der Waals surface area contributed by atoms with Gasteiger partial charge in [-0.3, -0.25) is 14.4 Å². The Hall–Kier alpha value is -1.74. The Labute approximate surface area is 131 Å². The molecule has 0 unspecified atom stereocenters. The Balaban J connectivity index is 3.04. The molecule has 10 heteroatoms. The molecule has 0 radical (unpaired) electrons. The van der Waals surface area contributed by atoms with Crippen LogP contribution in [0, 0.1) is 4.91 Å². The van der Waals surface area contributed by atoms with Gasteiger partial charge in [-0.2, -0.15) is 4.91 Å². The van der Waals surface area contributed by atoms with Gasteiger partial charge in [0.15, 0.2) is 23.8 Å². The molecule has 1 rings (SSSR count). The number of halogens is 1. The van der Waals surface area contributed by atoms with Crippen molar-refractivity contribution in [3.05, 3.63) is 4.91 Å². The van der Waals surface area contributed by atoms with E-state index in [0.29, 0.717) is 0 Å². The first kappa shape index (κ1) is 18.3. The van der Waals surface area contributed by atoms with E-state index in [1.54, 1.807) is 0 Å². The van der Waals surface area contributed by atoms with Crippen molar-refractivity contribution >= 4 is 29.5 Å². The summed E-state index contributed by atoms with van der Waals surface area (Å²) in [5, 5.41) is 2.77. The van der Waals surface area contributed by atoms with Gasteiger partial charge in [-0.1, -0.05) is 16.8 Å². The van der Waals surface area contributed by atoms with Crippen molar-refractivity contribution in [3.8, 4) is 0 Å². The van der Waals surface area contributed by atoms with E-state index >= 15 is 0 Å². The SMILES string of the molecule is CC(=O)OC[C@@H]1O[C@H](Cl)[C@H](N=O)[C@@H](OC(C)=O)[C@H]1OC(C)=O. The van der Waals surface area contributed by atoms with E-state index in [-0.39, 0.29) is 6.61 Å². The number of hydrogen-bond acceptors (Lipinski definition) is 9. The fraction of sp³-hybridized carbons (Fsp3) is 0.750. The summed E-state index contributed by atoms with van der Waals surface area (Å²) in [5.41, 5.74) is -1.23. The summed E-state index contributed by atoms with van der Waals surface area (Å²) < 4.78 is 20.1. The number of carbonyl (C=O) groups excluding carboxylic acids is 3. The monoisotopic (exact) mass is 337 g/mol. The van der Waals surface area contributed by atoms with E-state index in [2.05, 4.69) is 5.18 Å². The van der Waals surface area contributed by atoms with Crippen LogP contribution in [0.4, 0.5) is 0 Å². The van der Waals surface area contributed by atoms with Gasteiger partial charge in [-0.25, -0.2) is 0 Å². The molecule has 0 aromatic carbocycles. The molecule has 0 bridgehead atoms. The summed E-state index contributed by atoms with van der Waals surface area (Å²) in [6.45, 7) is 3.14. The third kappa shape index (κ3) is 4.92. The van der Waals surface area contributed by atoms with Crippen LogP contribution in [0.1, 0.15) is 20.8 Å². The second kappa shape index (κ2) is 8.04. The number of ether oxygens (including phenoxy) is 4. The number of nitroso groups, excluding NO2 is 1. The fourth-order valence-electron chi connectivity index (χ4n) is 1.98. The molecule has 0 amide bonds. The molecule has 0 saturated carbocycles. The Bertz CT molecular complexity index is 456. The molecule has 124 valence electrons. The fourth-order valence-corrected chi connectivity index (χ4v) is 2.31. The van der Waals surface area contributed by atoms with Gasteiger partial charge in [0.1, 0.15) is 12.7 Å². The lowest BCUT2D eigenvalue weighted by Crippen LogP contribution is -2.59. The third-order valence-corrected chi connectivity index (χ3v) is 3.14. The second-order valence-electron chi connectivity index (χ2n) is 4.57. The van der Waals surface area contributed by atoms with E-state index in [9.17, 15) is 19.3 Å². The van der Waals surface area contributed by atoms with Crippen LogP contribution < -0.4 is 0 Å². The first-order valence-corrected chi connectivity index (χ1v) is 6.79. The molecule has 5 atom stereocenters. The van der Waals surface area contributed by atoms with Gasteiger partial charge in [-0.15, -0.1) is 0 Å². The van der Waals surface area contributed by atoms with Gasteiger partial charge >= 0.3 is 17.9 Å². The van der Waals surface area contributed by atoms with E-state index in [4.69, 9.17) is 30.5 Å². The highest BCUT2D eigenvalue weighted by Crippen LogP contribution is 2.30. The molecule has 0 aromatic heterocycles. The topological polar surface area (TPSA) is 118 Å². The molecule has 1 heterocycles.